The number of nitrogens with one attached hydrogen (secondary N) is 1. The Morgan fingerprint density at radius 1 is 1.11 bits per heavy atom. The van der Waals surface area contributed by atoms with Crippen molar-refractivity contribution in [2.75, 3.05) is 39.3 Å². The van der Waals surface area contributed by atoms with Crippen molar-refractivity contribution in [3.63, 3.8) is 0 Å². The van der Waals surface area contributed by atoms with Crippen molar-refractivity contribution in [1.29, 1.82) is 0 Å². The normalized spacial score (nSPS) is 25.6. The van der Waals surface area contributed by atoms with E-state index in [-0.39, 0.29) is 30.6 Å². The van der Waals surface area contributed by atoms with Crippen molar-refractivity contribution < 1.29 is 14.3 Å². The van der Waals surface area contributed by atoms with Gasteiger partial charge in [-0.25, -0.2) is 0 Å². The fourth-order valence-corrected chi connectivity index (χ4v) is 4.45. The first kappa shape index (κ1) is 18.4. The highest BCUT2D eigenvalue weighted by molar-refractivity contribution is 5.94. The molecule has 2 amide bonds. The number of hydrogen-bond acceptors (Lipinski definition) is 5. The minimum absolute atomic E-state index is 0.0245. The Balaban J connectivity index is 1.53. The molecule has 1 N–H and O–H groups in total. The van der Waals surface area contributed by atoms with Crippen molar-refractivity contribution in [1.82, 2.24) is 24.9 Å². The Morgan fingerprint density at radius 2 is 1.81 bits per heavy atom. The van der Waals surface area contributed by atoms with Crippen molar-refractivity contribution in [3.05, 3.63) is 17.0 Å². The SMILES string of the molecule is C[C@@H]1CN(C(=O)c2nn(CC(=O)N3CCNCC3)c3c2CCC3)C[C@H](C)O1. The summed E-state index contributed by atoms with van der Waals surface area (Å²) in [5.74, 6) is 0.0600. The lowest BCUT2D eigenvalue weighted by molar-refractivity contribution is -0.132. The molecule has 8 nitrogen and oxygen atoms in total. The predicted octanol–water partition coefficient (Wildman–Crippen LogP) is 0.0530. The van der Waals surface area contributed by atoms with Gasteiger partial charge in [0, 0.05) is 50.5 Å². The molecule has 1 aromatic rings. The molecular formula is C19H29N5O3. The van der Waals surface area contributed by atoms with Crippen molar-refractivity contribution in [2.24, 2.45) is 0 Å². The van der Waals surface area contributed by atoms with Gasteiger partial charge in [0.15, 0.2) is 5.69 Å². The van der Waals surface area contributed by atoms with Crippen LogP contribution in [0.2, 0.25) is 0 Å². The lowest BCUT2D eigenvalue weighted by Gasteiger charge is -2.35. The molecule has 2 aliphatic heterocycles. The molecular weight excluding hydrogens is 346 g/mol. The molecule has 0 radical (unpaired) electrons. The maximum absolute atomic E-state index is 13.1. The Bertz CT molecular complexity index is 715. The van der Waals surface area contributed by atoms with Crippen molar-refractivity contribution in [2.45, 2.75) is 51.9 Å². The quantitative estimate of drug-likeness (QED) is 0.808. The molecule has 2 saturated heterocycles. The van der Waals surface area contributed by atoms with E-state index in [4.69, 9.17) is 4.74 Å². The van der Waals surface area contributed by atoms with E-state index in [1.807, 2.05) is 23.6 Å². The van der Waals surface area contributed by atoms with Crippen LogP contribution in [0, 0.1) is 0 Å². The lowest BCUT2D eigenvalue weighted by Crippen LogP contribution is -2.48. The molecule has 4 rings (SSSR count). The van der Waals surface area contributed by atoms with Gasteiger partial charge in [-0.2, -0.15) is 5.10 Å². The van der Waals surface area contributed by atoms with Gasteiger partial charge in [-0.15, -0.1) is 0 Å². The lowest BCUT2D eigenvalue weighted by atomic mass is 10.1. The minimum Gasteiger partial charge on any atom is -0.372 e. The third kappa shape index (κ3) is 3.73. The molecule has 0 unspecified atom stereocenters. The molecule has 2 fully saturated rings. The van der Waals surface area contributed by atoms with Crippen LogP contribution in [0.15, 0.2) is 0 Å². The fourth-order valence-electron chi connectivity index (χ4n) is 4.45. The third-order valence-corrected chi connectivity index (χ3v) is 5.67. The van der Waals surface area contributed by atoms with Gasteiger partial charge in [-0.05, 0) is 33.1 Å². The van der Waals surface area contributed by atoms with E-state index in [0.29, 0.717) is 18.8 Å². The number of piperazine rings is 1. The van der Waals surface area contributed by atoms with Crippen LogP contribution in [-0.4, -0.2) is 82.9 Å². The van der Waals surface area contributed by atoms with Gasteiger partial charge >= 0.3 is 0 Å². The molecule has 3 aliphatic rings. The van der Waals surface area contributed by atoms with Crippen LogP contribution in [0.5, 0.6) is 0 Å². The van der Waals surface area contributed by atoms with E-state index in [2.05, 4.69) is 10.4 Å². The van der Waals surface area contributed by atoms with Gasteiger partial charge in [-0.1, -0.05) is 0 Å². The molecule has 0 spiro atoms. The van der Waals surface area contributed by atoms with E-state index in [0.717, 1.165) is 56.7 Å². The summed E-state index contributed by atoms with van der Waals surface area (Å²) < 4.78 is 7.53. The number of aromatic nitrogens is 2. The summed E-state index contributed by atoms with van der Waals surface area (Å²) in [6.45, 7) is 8.52. The van der Waals surface area contributed by atoms with Crippen LogP contribution >= 0.6 is 0 Å². The molecule has 27 heavy (non-hydrogen) atoms. The summed E-state index contributed by atoms with van der Waals surface area (Å²) in [6, 6.07) is 0. The number of carbonyl (C=O) groups is 2. The van der Waals surface area contributed by atoms with Crippen LogP contribution in [0.3, 0.4) is 0 Å². The Morgan fingerprint density at radius 3 is 2.52 bits per heavy atom. The number of nitrogens with zero attached hydrogens (tertiary/aromatic N) is 4. The second-order valence-corrected chi connectivity index (χ2v) is 7.88. The Kier molecular flexibility index (Phi) is 5.19. The van der Waals surface area contributed by atoms with Crippen molar-refractivity contribution >= 4 is 11.8 Å². The fraction of sp³-hybridized carbons (Fsp3) is 0.737. The molecule has 148 valence electrons. The third-order valence-electron chi connectivity index (χ3n) is 5.67. The Labute approximate surface area is 159 Å². The average molecular weight is 375 g/mol. The first-order chi connectivity index (χ1) is 13.0. The summed E-state index contributed by atoms with van der Waals surface area (Å²) >= 11 is 0. The first-order valence-electron chi connectivity index (χ1n) is 10.0. The van der Waals surface area contributed by atoms with Crippen molar-refractivity contribution in [3.8, 4) is 0 Å². The van der Waals surface area contributed by atoms with E-state index >= 15 is 0 Å². The predicted molar refractivity (Wildman–Crippen MR) is 99.6 cm³/mol. The van der Waals surface area contributed by atoms with Gasteiger partial charge in [0.05, 0.1) is 12.2 Å². The minimum atomic E-state index is -0.0245. The highest BCUT2D eigenvalue weighted by Crippen LogP contribution is 2.27. The highest BCUT2D eigenvalue weighted by Gasteiger charge is 2.33. The van der Waals surface area contributed by atoms with E-state index in [9.17, 15) is 9.59 Å². The Hall–Kier alpha value is -1.93. The maximum atomic E-state index is 13.1. The summed E-state index contributed by atoms with van der Waals surface area (Å²) in [6.07, 6.45) is 2.84. The largest absolute Gasteiger partial charge is 0.372 e. The first-order valence-corrected chi connectivity index (χ1v) is 10.0. The topological polar surface area (TPSA) is 79.7 Å². The van der Waals surface area contributed by atoms with Crippen LogP contribution in [0.25, 0.3) is 0 Å². The van der Waals surface area contributed by atoms with Gasteiger partial charge in [0.1, 0.15) is 6.54 Å². The number of hydrogen-bond donors (Lipinski definition) is 1. The zero-order chi connectivity index (χ0) is 19.0. The molecule has 1 aromatic heterocycles. The monoisotopic (exact) mass is 375 g/mol. The van der Waals surface area contributed by atoms with Gasteiger partial charge < -0.3 is 19.9 Å². The van der Waals surface area contributed by atoms with Crippen LogP contribution in [-0.2, 0) is 28.9 Å². The van der Waals surface area contributed by atoms with Gasteiger partial charge in [-0.3, -0.25) is 14.3 Å². The van der Waals surface area contributed by atoms with Gasteiger partial charge in [0.25, 0.3) is 5.91 Å². The number of morpholine rings is 1. The second-order valence-electron chi connectivity index (χ2n) is 7.88. The summed E-state index contributed by atoms with van der Waals surface area (Å²) in [4.78, 5) is 29.5. The van der Waals surface area contributed by atoms with E-state index in [1.54, 1.807) is 4.68 Å². The molecule has 0 saturated carbocycles. The number of carbonyl (C=O) groups excluding carboxylic acids is 2. The van der Waals surface area contributed by atoms with Crippen LogP contribution in [0.1, 0.15) is 42.0 Å². The van der Waals surface area contributed by atoms with Crippen LogP contribution in [0.4, 0.5) is 0 Å². The molecule has 1 aliphatic carbocycles. The summed E-state index contributed by atoms with van der Waals surface area (Å²) in [5, 5.41) is 7.87. The molecule has 8 heteroatoms. The standard InChI is InChI=1S/C19H29N5O3/c1-13-10-23(11-14(2)27-13)19(26)18-15-4-3-5-16(15)24(21-18)12-17(25)22-8-6-20-7-9-22/h13-14,20H,3-12H2,1-2H3/t13-,14+. The van der Waals surface area contributed by atoms with E-state index in [1.165, 1.54) is 0 Å². The second kappa shape index (κ2) is 7.59. The number of ether oxygens (including phenoxy) is 1. The summed E-state index contributed by atoms with van der Waals surface area (Å²) in [7, 11) is 0. The van der Waals surface area contributed by atoms with Gasteiger partial charge in [0.2, 0.25) is 5.91 Å². The molecule has 3 heterocycles. The average Bonchev–Trinajstić information content (AvgIpc) is 3.25. The van der Waals surface area contributed by atoms with E-state index < -0.39 is 0 Å². The maximum Gasteiger partial charge on any atom is 0.274 e. The molecule has 2 atom stereocenters. The smallest absolute Gasteiger partial charge is 0.274 e. The molecule has 0 bridgehead atoms. The highest BCUT2D eigenvalue weighted by atomic mass is 16.5. The zero-order valence-electron chi connectivity index (χ0n) is 16.2. The number of amides is 2. The number of fused-ring (bicyclic) bond motifs is 1. The summed E-state index contributed by atoms with van der Waals surface area (Å²) in [5.41, 5.74) is 2.65. The number of rotatable bonds is 3. The van der Waals surface area contributed by atoms with Crippen LogP contribution < -0.4 is 5.32 Å². The molecule has 0 aromatic carbocycles. The zero-order valence-corrected chi connectivity index (χ0v) is 16.2.